The molecule has 136 valence electrons. The van der Waals surface area contributed by atoms with Gasteiger partial charge in [0.15, 0.2) is 5.82 Å². The zero-order chi connectivity index (χ0) is 18.6. The summed E-state index contributed by atoms with van der Waals surface area (Å²) < 4.78 is 27.1. The lowest BCUT2D eigenvalue weighted by Gasteiger charge is -2.08. The van der Waals surface area contributed by atoms with Crippen LogP contribution in [0.15, 0.2) is 58.6 Å². The van der Waals surface area contributed by atoms with Crippen molar-refractivity contribution in [1.82, 2.24) is 19.9 Å². The van der Waals surface area contributed by atoms with Gasteiger partial charge in [0.05, 0.1) is 5.02 Å². The fourth-order valence-corrected chi connectivity index (χ4v) is 4.69. The van der Waals surface area contributed by atoms with E-state index in [9.17, 15) is 8.42 Å². The lowest BCUT2D eigenvalue weighted by Crippen LogP contribution is -2.26. The first-order chi connectivity index (χ1) is 12.5. The molecule has 0 atom stereocenters. The Hall–Kier alpha value is -1.58. The summed E-state index contributed by atoms with van der Waals surface area (Å²) in [5.41, 5.74) is 0.933. The van der Waals surface area contributed by atoms with E-state index < -0.39 is 10.0 Å². The van der Waals surface area contributed by atoms with E-state index in [0.717, 1.165) is 5.56 Å². The van der Waals surface area contributed by atoms with Crippen LogP contribution < -0.4 is 4.72 Å². The van der Waals surface area contributed by atoms with Crippen LogP contribution in [0.5, 0.6) is 0 Å². The van der Waals surface area contributed by atoms with E-state index in [1.807, 2.05) is 30.3 Å². The number of aromatic amines is 1. The molecule has 0 aliphatic carbocycles. The molecule has 0 radical (unpaired) electrons. The summed E-state index contributed by atoms with van der Waals surface area (Å²) in [4.78, 5) is 4.34. The van der Waals surface area contributed by atoms with Crippen LogP contribution in [0, 0.1) is 0 Å². The number of H-pyrrole nitrogens is 1. The molecule has 0 aliphatic heterocycles. The quantitative estimate of drug-likeness (QED) is 0.440. The molecule has 3 aromatic rings. The van der Waals surface area contributed by atoms with Gasteiger partial charge in [-0.15, -0.1) is 5.10 Å². The van der Waals surface area contributed by atoms with Crippen LogP contribution in [-0.2, 0) is 10.0 Å². The number of hydrogen-bond donors (Lipinski definition) is 2. The van der Waals surface area contributed by atoms with Crippen LogP contribution in [0.25, 0.3) is 11.4 Å². The number of sulfonamides is 1. The van der Waals surface area contributed by atoms with E-state index in [1.165, 1.54) is 30.0 Å². The molecule has 0 saturated carbocycles. The van der Waals surface area contributed by atoms with Crippen molar-refractivity contribution in [3.8, 4) is 11.4 Å². The predicted octanol–water partition coefficient (Wildman–Crippen LogP) is 3.85. The molecule has 1 heterocycles. The fourth-order valence-electron chi connectivity index (χ4n) is 2.12. The third kappa shape index (κ3) is 4.77. The number of rotatable bonds is 7. The van der Waals surface area contributed by atoms with Gasteiger partial charge in [0.25, 0.3) is 0 Å². The topological polar surface area (TPSA) is 87.7 Å². The van der Waals surface area contributed by atoms with Crippen molar-refractivity contribution in [3.05, 3.63) is 58.6 Å². The van der Waals surface area contributed by atoms with Crippen molar-refractivity contribution < 1.29 is 8.42 Å². The second-order valence-corrected chi connectivity index (χ2v) is 8.79. The first-order valence-electron chi connectivity index (χ1n) is 7.51. The summed E-state index contributed by atoms with van der Waals surface area (Å²) in [7, 11) is -3.73. The SMILES string of the molecule is O=S(=O)(NCCSc1n[nH]c(-c2ccccc2)n1)c1cc(Cl)ccc1Cl. The second kappa shape index (κ2) is 8.41. The second-order valence-electron chi connectivity index (χ2n) is 5.15. The Balaban J connectivity index is 1.56. The predicted molar refractivity (Wildman–Crippen MR) is 104 cm³/mol. The molecule has 0 spiro atoms. The maximum atomic E-state index is 12.3. The first kappa shape index (κ1) is 19.2. The lowest BCUT2D eigenvalue weighted by atomic mass is 10.2. The normalized spacial score (nSPS) is 11.6. The number of benzene rings is 2. The zero-order valence-electron chi connectivity index (χ0n) is 13.3. The Labute approximate surface area is 165 Å². The molecule has 0 amide bonds. The lowest BCUT2D eigenvalue weighted by molar-refractivity contribution is 0.584. The molecular weight excluding hydrogens is 415 g/mol. The number of halogens is 2. The van der Waals surface area contributed by atoms with E-state index in [2.05, 4.69) is 19.9 Å². The molecule has 2 N–H and O–H groups in total. The summed E-state index contributed by atoms with van der Waals surface area (Å²) in [5.74, 6) is 1.13. The number of nitrogens with zero attached hydrogens (tertiary/aromatic N) is 2. The van der Waals surface area contributed by atoms with E-state index in [1.54, 1.807) is 0 Å². The van der Waals surface area contributed by atoms with Gasteiger partial charge in [-0.05, 0) is 18.2 Å². The highest BCUT2D eigenvalue weighted by Crippen LogP contribution is 2.25. The molecule has 2 aromatic carbocycles. The summed E-state index contributed by atoms with van der Waals surface area (Å²) in [6.07, 6.45) is 0. The molecule has 0 aliphatic rings. The number of hydrogen-bond acceptors (Lipinski definition) is 5. The fraction of sp³-hybridized carbons (Fsp3) is 0.125. The smallest absolute Gasteiger partial charge is 0.242 e. The Kier molecular flexibility index (Phi) is 6.20. The van der Waals surface area contributed by atoms with Gasteiger partial charge in [0.2, 0.25) is 15.2 Å². The summed E-state index contributed by atoms with van der Waals surface area (Å²) >= 11 is 13.1. The van der Waals surface area contributed by atoms with Crippen molar-refractivity contribution in [2.75, 3.05) is 12.3 Å². The van der Waals surface area contributed by atoms with Crippen molar-refractivity contribution in [2.45, 2.75) is 10.1 Å². The van der Waals surface area contributed by atoms with Gasteiger partial charge in [-0.1, -0.05) is 65.3 Å². The summed E-state index contributed by atoms with van der Waals surface area (Å²) in [6.45, 7) is 0.199. The maximum absolute atomic E-state index is 12.3. The standard InChI is InChI=1S/C16H14Cl2N4O2S2/c17-12-6-7-13(18)14(10-12)26(23,24)19-8-9-25-16-20-15(21-22-16)11-4-2-1-3-5-11/h1-7,10,19H,8-9H2,(H,20,21,22). The number of thioether (sulfide) groups is 1. The van der Waals surface area contributed by atoms with Crippen LogP contribution in [0.1, 0.15) is 0 Å². The van der Waals surface area contributed by atoms with Gasteiger partial charge < -0.3 is 0 Å². The molecule has 0 fully saturated rings. The van der Waals surface area contributed by atoms with E-state index in [4.69, 9.17) is 23.2 Å². The molecule has 0 unspecified atom stereocenters. The van der Waals surface area contributed by atoms with Crippen LogP contribution in [0.3, 0.4) is 0 Å². The molecule has 6 nitrogen and oxygen atoms in total. The van der Waals surface area contributed by atoms with Crippen LogP contribution in [-0.4, -0.2) is 35.9 Å². The Morgan fingerprint density at radius 2 is 1.88 bits per heavy atom. The Bertz CT molecular complexity index is 994. The largest absolute Gasteiger partial charge is 0.258 e. The van der Waals surface area contributed by atoms with Gasteiger partial charge in [0, 0.05) is 22.9 Å². The summed E-state index contributed by atoms with van der Waals surface area (Å²) in [5, 5.41) is 7.96. The van der Waals surface area contributed by atoms with Gasteiger partial charge >= 0.3 is 0 Å². The summed E-state index contributed by atoms with van der Waals surface area (Å²) in [6, 6.07) is 13.9. The molecular formula is C16H14Cl2N4O2S2. The minimum atomic E-state index is -3.73. The highest BCUT2D eigenvalue weighted by molar-refractivity contribution is 7.99. The van der Waals surface area contributed by atoms with Gasteiger partial charge in [-0.2, -0.15) is 0 Å². The van der Waals surface area contributed by atoms with Crippen molar-refractivity contribution >= 4 is 45.0 Å². The highest BCUT2D eigenvalue weighted by atomic mass is 35.5. The average molecular weight is 429 g/mol. The Morgan fingerprint density at radius 1 is 1.12 bits per heavy atom. The van der Waals surface area contributed by atoms with Gasteiger partial charge in [0.1, 0.15) is 4.90 Å². The molecule has 10 heteroatoms. The molecule has 1 aromatic heterocycles. The first-order valence-corrected chi connectivity index (χ1v) is 10.7. The molecule has 0 bridgehead atoms. The minimum Gasteiger partial charge on any atom is -0.258 e. The third-order valence-electron chi connectivity index (χ3n) is 3.32. The Morgan fingerprint density at radius 3 is 2.65 bits per heavy atom. The average Bonchev–Trinajstić information content (AvgIpc) is 3.10. The molecule has 0 saturated heterocycles. The minimum absolute atomic E-state index is 0.0408. The van der Waals surface area contributed by atoms with Crippen molar-refractivity contribution in [1.29, 1.82) is 0 Å². The van der Waals surface area contributed by atoms with E-state index >= 15 is 0 Å². The van der Waals surface area contributed by atoms with Crippen LogP contribution in [0.4, 0.5) is 0 Å². The maximum Gasteiger partial charge on any atom is 0.242 e. The van der Waals surface area contributed by atoms with Crippen molar-refractivity contribution in [2.24, 2.45) is 0 Å². The number of nitrogens with one attached hydrogen (secondary N) is 2. The van der Waals surface area contributed by atoms with Crippen LogP contribution >= 0.6 is 35.0 Å². The van der Waals surface area contributed by atoms with Gasteiger partial charge in [-0.3, -0.25) is 5.10 Å². The third-order valence-corrected chi connectivity index (χ3v) is 6.35. The monoisotopic (exact) mass is 428 g/mol. The molecule has 3 rings (SSSR count). The van der Waals surface area contributed by atoms with Gasteiger partial charge in [-0.25, -0.2) is 18.1 Å². The highest BCUT2D eigenvalue weighted by Gasteiger charge is 2.18. The molecule has 26 heavy (non-hydrogen) atoms. The van der Waals surface area contributed by atoms with E-state index in [-0.39, 0.29) is 16.5 Å². The van der Waals surface area contributed by atoms with Crippen LogP contribution in [0.2, 0.25) is 10.0 Å². The van der Waals surface area contributed by atoms with Crippen molar-refractivity contribution in [3.63, 3.8) is 0 Å². The number of aromatic nitrogens is 3. The zero-order valence-corrected chi connectivity index (χ0v) is 16.5. The van der Waals surface area contributed by atoms with E-state index in [0.29, 0.717) is 21.8 Å².